The van der Waals surface area contributed by atoms with Crippen molar-refractivity contribution in [2.24, 2.45) is 5.10 Å². The Kier molecular flexibility index (Phi) is 8.56. The second-order valence-corrected chi connectivity index (χ2v) is 7.96. The second kappa shape index (κ2) is 11.6. The summed E-state index contributed by atoms with van der Waals surface area (Å²) in [5.41, 5.74) is 3.99. The number of nitrogens with zero attached hydrogens (tertiary/aromatic N) is 4. The van der Waals surface area contributed by atoms with Crippen molar-refractivity contribution in [2.45, 2.75) is 18.6 Å². The predicted octanol–water partition coefficient (Wildman–Crippen LogP) is 3.89. The number of nitrogens with one attached hydrogen (secondary N) is 1. The van der Waals surface area contributed by atoms with Crippen molar-refractivity contribution in [1.82, 2.24) is 20.2 Å². The van der Waals surface area contributed by atoms with Crippen LogP contribution >= 0.6 is 23.4 Å². The lowest BCUT2D eigenvalue weighted by Gasteiger charge is -2.12. The molecule has 0 fully saturated rings. The van der Waals surface area contributed by atoms with E-state index in [0.29, 0.717) is 45.4 Å². The smallest absolute Gasteiger partial charge is 0.250 e. The molecule has 0 unspecified atom stereocenters. The Morgan fingerprint density at radius 1 is 1.12 bits per heavy atom. The first-order chi connectivity index (χ1) is 16.0. The number of hydrazone groups is 1. The molecule has 0 atom stereocenters. The van der Waals surface area contributed by atoms with Crippen molar-refractivity contribution in [3.05, 3.63) is 47.0 Å². The van der Waals surface area contributed by atoms with E-state index in [9.17, 15) is 4.79 Å². The second-order valence-electron chi connectivity index (χ2n) is 6.58. The number of ether oxygens (including phenoxy) is 3. The predicted molar refractivity (Wildman–Crippen MR) is 129 cm³/mol. The number of amides is 1. The van der Waals surface area contributed by atoms with Crippen LogP contribution < -0.4 is 19.6 Å². The molecule has 11 heteroatoms. The van der Waals surface area contributed by atoms with Gasteiger partial charge in [0.15, 0.2) is 11.0 Å². The zero-order valence-electron chi connectivity index (χ0n) is 18.7. The van der Waals surface area contributed by atoms with Crippen molar-refractivity contribution < 1.29 is 19.0 Å². The summed E-state index contributed by atoms with van der Waals surface area (Å²) in [5, 5.41) is 13.8. The maximum atomic E-state index is 12.3. The molecule has 0 radical (unpaired) electrons. The Morgan fingerprint density at radius 3 is 2.36 bits per heavy atom. The van der Waals surface area contributed by atoms with Crippen LogP contribution in [0.15, 0.2) is 46.7 Å². The maximum Gasteiger partial charge on any atom is 0.250 e. The van der Waals surface area contributed by atoms with Crippen molar-refractivity contribution >= 4 is 35.5 Å². The third kappa shape index (κ3) is 5.96. The van der Waals surface area contributed by atoms with Gasteiger partial charge in [0.2, 0.25) is 0 Å². The molecule has 9 nitrogen and oxygen atoms in total. The molecular weight excluding hydrogens is 466 g/mol. The van der Waals surface area contributed by atoms with Gasteiger partial charge in [-0.2, -0.15) is 5.10 Å². The Morgan fingerprint density at radius 2 is 1.79 bits per heavy atom. The van der Waals surface area contributed by atoms with Crippen LogP contribution in [0.5, 0.6) is 17.2 Å². The molecule has 0 saturated carbocycles. The van der Waals surface area contributed by atoms with Crippen molar-refractivity contribution in [3.63, 3.8) is 0 Å². The summed E-state index contributed by atoms with van der Waals surface area (Å²) in [7, 11) is 4.61. The largest absolute Gasteiger partial charge is 0.496 e. The molecule has 0 bridgehead atoms. The molecule has 0 aliphatic rings. The van der Waals surface area contributed by atoms with E-state index in [1.165, 1.54) is 32.2 Å². The van der Waals surface area contributed by atoms with Gasteiger partial charge in [-0.15, -0.1) is 10.2 Å². The molecule has 1 amide bonds. The first kappa shape index (κ1) is 24.4. The van der Waals surface area contributed by atoms with Gasteiger partial charge in [0.25, 0.3) is 5.91 Å². The van der Waals surface area contributed by atoms with Crippen LogP contribution in [0.25, 0.3) is 11.4 Å². The lowest BCUT2D eigenvalue weighted by Crippen LogP contribution is -2.20. The summed E-state index contributed by atoms with van der Waals surface area (Å²) in [6, 6.07) is 10.8. The molecule has 1 N–H and O–H groups in total. The quantitative estimate of drug-likeness (QED) is 0.262. The van der Waals surface area contributed by atoms with Crippen molar-refractivity contribution in [3.8, 4) is 28.6 Å². The van der Waals surface area contributed by atoms with Gasteiger partial charge in [-0.1, -0.05) is 23.4 Å². The molecular formula is C22H24ClN5O4S. The van der Waals surface area contributed by atoms with Gasteiger partial charge in [0.1, 0.15) is 17.2 Å². The maximum absolute atomic E-state index is 12.3. The summed E-state index contributed by atoms with van der Waals surface area (Å²) >= 11 is 7.24. The molecule has 0 aliphatic carbocycles. The zero-order chi connectivity index (χ0) is 23.8. The van der Waals surface area contributed by atoms with E-state index in [1.807, 2.05) is 23.6 Å². The zero-order valence-corrected chi connectivity index (χ0v) is 20.2. The molecule has 33 heavy (non-hydrogen) atoms. The average Bonchev–Trinajstić information content (AvgIpc) is 3.25. The number of rotatable bonds is 10. The van der Waals surface area contributed by atoms with E-state index in [1.54, 1.807) is 31.4 Å². The molecule has 1 aromatic heterocycles. The number of hydrogen-bond acceptors (Lipinski definition) is 8. The van der Waals surface area contributed by atoms with Gasteiger partial charge in [-0.05, 0) is 31.2 Å². The number of methoxy groups -OCH3 is 3. The standard InChI is InChI=1S/C22H24ClN5O4S/c1-5-28-21(14-6-8-15(23)9-7-14)26-27-22(28)33-13-20(29)25-24-12-17-18(31-3)10-16(30-2)11-19(17)32-4/h6-12H,5,13H2,1-4H3,(H,25,29)/b24-12+. The van der Waals surface area contributed by atoms with E-state index in [4.69, 9.17) is 25.8 Å². The van der Waals surface area contributed by atoms with Crippen LogP contribution in [0.3, 0.4) is 0 Å². The lowest BCUT2D eigenvalue weighted by molar-refractivity contribution is -0.118. The Balaban J connectivity index is 1.65. The third-order valence-electron chi connectivity index (χ3n) is 4.60. The number of carbonyl (C=O) groups is 1. The van der Waals surface area contributed by atoms with Crippen LogP contribution in [0, 0.1) is 0 Å². The fourth-order valence-electron chi connectivity index (χ4n) is 2.98. The molecule has 0 saturated heterocycles. The first-order valence-corrected chi connectivity index (χ1v) is 11.3. The monoisotopic (exact) mass is 489 g/mol. The highest BCUT2D eigenvalue weighted by atomic mass is 35.5. The molecule has 0 aliphatic heterocycles. The van der Waals surface area contributed by atoms with Gasteiger partial charge < -0.3 is 18.8 Å². The minimum atomic E-state index is -0.290. The summed E-state index contributed by atoms with van der Waals surface area (Å²) in [4.78, 5) is 12.3. The van der Waals surface area contributed by atoms with Crippen molar-refractivity contribution in [2.75, 3.05) is 27.1 Å². The van der Waals surface area contributed by atoms with Gasteiger partial charge >= 0.3 is 0 Å². The van der Waals surface area contributed by atoms with E-state index in [2.05, 4.69) is 20.7 Å². The number of benzene rings is 2. The van der Waals surface area contributed by atoms with Crippen LogP contribution in [0.4, 0.5) is 0 Å². The average molecular weight is 490 g/mol. The SMILES string of the molecule is CCn1c(SCC(=O)N/N=C/c2c(OC)cc(OC)cc2OC)nnc1-c1ccc(Cl)cc1. The highest BCUT2D eigenvalue weighted by molar-refractivity contribution is 7.99. The van der Waals surface area contributed by atoms with E-state index < -0.39 is 0 Å². The highest BCUT2D eigenvalue weighted by Gasteiger charge is 2.15. The van der Waals surface area contributed by atoms with Crippen LogP contribution in [-0.4, -0.2) is 54.0 Å². The number of halogens is 1. The van der Waals surface area contributed by atoms with Gasteiger partial charge in [0.05, 0.1) is 38.9 Å². The summed E-state index contributed by atoms with van der Waals surface area (Å²) in [5.74, 6) is 2.13. The van der Waals surface area contributed by atoms with Gasteiger partial charge in [0, 0.05) is 29.3 Å². The van der Waals surface area contributed by atoms with E-state index in [-0.39, 0.29) is 11.7 Å². The van der Waals surface area contributed by atoms with E-state index >= 15 is 0 Å². The molecule has 3 aromatic rings. The topological polar surface area (TPSA) is 99.9 Å². The first-order valence-electron chi connectivity index (χ1n) is 9.94. The van der Waals surface area contributed by atoms with Crippen LogP contribution in [0.1, 0.15) is 12.5 Å². The lowest BCUT2D eigenvalue weighted by atomic mass is 10.2. The van der Waals surface area contributed by atoms with Crippen LogP contribution in [-0.2, 0) is 11.3 Å². The fraction of sp³-hybridized carbons (Fsp3) is 0.273. The Labute approximate surface area is 201 Å². The fourth-order valence-corrected chi connectivity index (χ4v) is 3.90. The van der Waals surface area contributed by atoms with Gasteiger partial charge in [-0.25, -0.2) is 5.43 Å². The van der Waals surface area contributed by atoms with Crippen LogP contribution in [0.2, 0.25) is 5.02 Å². The minimum Gasteiger partial charge on any atom is -0.496 e. The number of thioether (sulfide) groups is 1. The van der Waals surface area contributed by atoms with Crippen molar-refractivity contribution in [1.29, 1.82) is 0 Å². The van der Waals surface area contributed by atoms with E-state index in [0.717, 1.165) is 5.56 Å². The van der Waals surface area contributed by atoms with Gasteiger partial charge in [-0.3, -0.25) is 4.79 Å². The molecule has 3 rings (SSSR count). The molecule has 2 aromatic carbocycles. The summed E-state index contributed by atoms with van der Waals surface area (Å²) in [6.45, 7) is 2.65. The highest BCUT2D eigenvalue weighted by Crippen LogP contribution is 2.32. The number of aromatic nitrogens is 3. The molecule has 1 heterocycles. The number of carbonyl (C=O) groups excluding carboxylic acids is 1. The minimum absolute atomic E-state index is 0.118. The molecule has 0 spiro atoms. The third-order valence-corrected chi connectivity index (χ3v) is 5.82. The molecule has 174 valence electrons. The summed E-state index contributed by atoms with van der Waals surface area (Å²) < 4.78 is 17.9. The summed E-state index contributed by atoms with van der Waals surface area (Å²) in [6.07, 6.45) is 1.47. The number of hydrogen-bond donors (Lipinski definition) is 1. The normalized spacial score (nSPS) is 10.9. The Bertz CT molecular complexity index is 1110. The Hall–Kier alpha value is -3.24.